The molecule has 1 aromatic rings. The van der Waals surface area contributed by atoms with Crippen molar-refractivity contribution in [3.63, 3.8) is 0 Å². The molecular formula is C10H13ClFNS. The molecule has 1 aromatic carbocycles. The van der Waals surface area contributed by atoms with Gasteiger partial charge < -0.3 is 5.32 Å². The summed E-state index contributed by atoms with van der Waals surface area (Å²) in [7, 11) is 0. The van der Waals surface area contributed by atoms with Gasteiger partial charge in [0.05, 0.1) is 10.7 Å². The smallest absolute Gasteiger partial charge is 0.164 e. The van der Waals surface area contributed by atoms with Crippen LogP contribution in [0.3, 0.4) is 0 Å². The first-order chi connectivity index (χ1) is 6.75. The van der Waals surface area contributed by atoms with E-state index in [-0.39, 0.29) is 10.8 Å². The molecule has 0 fully saturated rings. The van der Waals surface area contributed by atoms with Crippen molar-refractivity contribution in [2.45, 2.75) is 6.92 Å². The molecule has 0 radical (unpaired) electrons. The highest BCUT2D eigenvalue weighted by molar-refractivity contribution is 7.99. The SMILES string of the molecule is CCSCCNc1cccc(Cl)c1F. The number of anilines is 1. The number of hydrogen-bond donors (Lipinski definition) is 1. The first-order valence-corrected chi connectivity index (χ1v) is 6.04. The highest BCUT2D eigenvalue weighted by atomic mass is 35.5. The molecule has 0 saturated heterocycles. The summed E-state index contributed by atoms with van der Waals surface area (Å²) in [4.78, 5) is 0. The van der Waals surface area contributed by atoms with Gasteiger partial charge in [0.15, 0.2) is 5.82 Å². The molecule has 78 valence electrons. The van der Waals surface area contributed by atoms with Gasteiger partial charge in [-0.05, 0) is 17.9 Å². The van der Waals surface area contributed by atoms with Crippen LogP contribution in [0.5, 0.6) is 0 Å². The maximum atomic E-state index is 13.3. The Morgan fingerprint density at radius 2 is 2.29 bits per heavy atom. The van der Waals surface area contributed by atoms with Crippen LogP contribution in [0.1, 0.15) is 6.92 Å². The Morgan fingerprint density at radius 3 is 3.00 bits per heavy atom. The van der Waals surface area contributed by atoms with E-state index in [1.807, 2.05) is 11.8 Å². The predicted octanol–water partition coefficient (Wildman–Crippen LogP) is 3.64. The lowest BCUT2D eigenvalue weighted by Gasteiger charge is -2.07. The Hall–Kier alpha value is -0.410. The summed E-state index contributed by atoms with van der Waals surface area (Å²) < 4.78 is 13.3. The standard InChI is InChI=1S/C10H13ClFNS/c1-2-14-7-6-13-9-5-3-4-8(11)10(9)12/h3-5,13H,2,6-7H2,1H3. The molecule has 0 aromatic heterocycles. The lowest BCUT2D eigenvalue weighted by Crippen LogP contribution is -2.05. The second-order valence-corrected chi connectivity index (χ2v) is 4.53. The van der Waals surface area contributed by atoms with Crippen molar-refractivity contribution in [3.8, 4) is 0 Å². The van der Waals surface area contributed by atoms with Crippen LogP contribution in [0.15, 0.2) is 18.2 Å². The summed E-state index contributed by atoms with van der Waals surface area (Å²) in [6.45, 7) is 2.86. The third-order valence-electron chi connectivity index (χ3n) is 1.72. The van der Waals surface area contributed by atoms with Crippen LogP contribution in [-0.4, -0.2) is 18.1 Å². The second kappa shape index (κ2) is 6.14. The highest BCUT2D eigenvalue weighted by Gasteiger charge is 2.04. The first kappa shape index (κ1) is 11.7. The van der Waals surface area contributed by atoms with E-state index in [0.29, 0.717) is 5.69 Å². The normalized spacial score (nSPS) is 10.2. The zero-order valence-corrected chi connectivity index (χ0v) is 9.59. The average Bonchev–Trinajstić information content (AvgIpc) is 2.19. The van der Waals surface area contributed by atoms with Gasteiger partial charge in [0.25, 0.3) is 0 Å². The summed E-state index contributed by atoms with van der Waals surface area (Å²) in [5.74, 6) is 1.69. The van der Waals surface area contributed by atoms with Gasteiger partial charge in [0.1, 0.15) is 0 Å². The van der Waals surface area contributed by atoms with E-state index < -0.39 is 0 Å². The minimum absolute atomic E-state index is 0.165. The third-order valence-corrected chi connectivity index (χ3v) is 2.91. The van der Waals surface area contributed by atoms with Crippen molar-refractivity contribution in [3.05, 3.63) is 29.0 Å². The maximum Gasteiger partial charge on any atom is 0.164 e. The number of thioether (sulfide) groups is 1. The van der Waals surface area contributed by atoms with E-state index >= 15 is 0 Å². The molecule has 0 atom stereocenters. The molecule has 1 nitrogen and oxygen atoms in total. The zero-order chi connectivity index (χ0) is 10.4. The molecular weight excluding hydrogens is 221 g/mol. The van der Waals surface area contributed by atoms with E-state index in [4.69, 9.17) is 11.6 Å². The van der Waals surface area contributed by atoms with E-state index in [2.05, 4.69) is 12.2 Å². The number of halogens is 2. The molecule has 0 bridgehead atoms. The van der Waals surface area contributed by atoms with Crippen molar-refractivity contribution in [2.75, 3.05) is 23.4 Å². The molecule has 0 spiro atoms. The monoisotopic (exact) mass is 233 g/mol. The summed E-state index contributed by atoms with van der Waals surface area (Å²) in [6, 6.07) is 4.97. The van der Waals surface area contributed by atoms with Crippen LogP contribution in [-0.2, 0) is 0 Å². The summed E-state index contributed by atoms with van der Waals surface area (Å²) in [5.41, 5.74) is 0.481. The van der Waals surface area contributed by atoms with Crippen LogP contribution < -0.4 is 5.32 Å². The van der Waals surface area contributed by atoms with Crippen LogP contribution in [0.25, 0.3) is 0 Å². The fourth-order valence-corrected chi connectivity index (χ4v) is 1.75. The molecule has 0 aliphatic carbocycles. The second-order valence-electron chi connectivity index (χ2n) is 2.73. The molecule has 0 heterocycles. The Bertz CT molecular complexity index is 293. The predicted molar refractivity (Wildman–Crippen MR) is 62.9 cm³/mol. The van der Waals surface area contributed by atoms with E-state index in [1.54, 1.807) is 18.2 Å². The first-order valence-electron chi connectivity index (χ1n) is 4.51. The molecule has 0 aliphatic rings. The quantitative estimate of drug-likeness (QED) is 0.780. The largest absolute Gasteiger partial charge is 0.382 e. The van der Waals surface area contributed by atoms with Crippen LogP contribution in [0.2, 0.25) is 5.02 Å². The van der Waals surface area contributed by atoms with Gasteiger partial charge in [-0.15, -0.1) is 0 Å². The molecule has 0 amide bonds. The van der Waals surface area contributed by atoms with Gasteiger partial charge in [-0.25, -0.2) is 4.39 Å². The third kappa shape index (κ3) is 3.39. The Kier molecular flexibility index (Phi) is 5.12. The number of benzene rings is 1. The van der Waals surface area contributed by atoms with Gasteiger partial charge in [0.2, 0.25) is 0 Å². The zero-order valence-electron chi connectivity index (χ0n) is 8.02. The fourth-order valence-electron chi connectivity index (χ4n) is 1.04. The Morgan fingerprint density at radius 1 is 1.50 bits per heavy atom. The molecule has 0 aliphatic heterocycles. The van der Waals surface area contributed by atoms with Gasteiger partial charge in [-0.1, -0.05) is 24.6 Å². The van der Waals surface area contributed by atoms with Crippen molar-refractivity contribution in [1.29, 1.82) is 0 Å². The number of rotatable bonds is 5. The fraction of sp³-hybridized carbons (Fsp3) is 0.400. The molecule has 0 saturated carbocycles. The molecule has 1 N–H and O–H groups in total. The lowest BCUT2D eigenvalue weighted by molar-refractivity contribution is 0.631. The average molecular weight is 234 g/mol. The van der Waals surface area contributed by atoms with E-state index in [9.17, 15) is 4.39 Å². The van der Waals surface area contributed by atoms with Gasteiger partial charge in [-0.2, -0.15) is 11.8 Å². The van der Waals surface area contributed by atoms with Gasteiger partial charge in [-0.3, -0.25) is 0 Å². The minimum atomic E-state index is -0.365. The van der Waals surface area contributed by atoms with Crippen LogP contribution in [0, 0.1) is 5.82 Å². The summed E-state index contributed by atoms with van der Waals surface area (Å²) in [6.07, 6.45) is 0. The van der Waals surface area contributed by atoms with Crippen molar-refractivity contribution in [2.24, 2.45) is 0 Å². The minimum Gasteiger partial charge on any atom is -0.382 e. The molecule has 4 heteroatoms. The summed E-state index contributed by atoms with van der Waals surface area (Å²) in [5, 5.41) is 3.17. The molecule has 14 heavy (non-hydrogen) atoms. The number of nitrogens with one attached hydrogen (secondary N) is 1. The van der Waals surface area contributed by atoms with Crippen molar-refractivity contribution < 1.29 is 4.39 Å². The topological polar surface area (TPSA) is 12.0 Å². The van der Waals surface area contributed by atoms with Crippen molar-refractivity contribution in [1.82, 2.24) is 0 Å². The Balaban J connectivity index is 2.46. The highest BCUT2D eigenvalue weighted by Crippen LogP contribution is 2.21. The van der Waals surface area contributed by atoms with Crippen molar-refractivity contribution >= 4 is 29.1 Å². The van der Waals surface area contributed by atoms with E-state index in [0.717, 1.165) is 18.1 Å². The van der Waals surface area contributed by atoms with E-state index in [1.165, 1.54) is 0 Å². The summed E-state index contributed by atoms with van der Waals surface area (Å²) >= 11 is 7.45. The van der Waals surface area contributed by atoms with Gasteiger partial charge in [0, 0.05) is 12.3 Å². The van der Waals surface area contributed by atoms with Crippen LogP contribution in [0.4, 0.5) is 10.1 Å². The lowest BCUT2D eigenvalue weighted by atomic mass is 10.3. The van der Waals surface area contributed by atoms with Crippen LogP contribution >= 0.6 is 23.4 Å². The molecule has 0 unspecified atom stereocenters. The molecule has 1 rings (SSSR count). The number of hydrogen-bond acceptors (Lipinski definition) is 2. The Labute approximate surface area is 93.0 Å². The maximum absolute atomic E-state index is 13.3. The van der Waals surface area contributed by atoms with Gasteiger partial charge >= 0.3 is 0 Å².